The van der Waals surface area contributed by atoms with Crippen LogP contribution in [0.3, 0.4) is 0 Å². The third-order valence-electron chi connectivity index (χ3n) is 4.24. The summed E-state index contributed by atoms with van der Waals surface area (Å²) in [6.07, 6.45) is 9.39. The van der Waals surface area contributed by atoms with E-state index in [0.29, 0.717) is 5.41 Å². The largest absolute Gasteiger partial charge is 0.272 e. The number of thiol groups is 1. The molecule has 0 radical (unpaired) electrons. The first kappa shape index (κ1) is 12.8. The highest BCUT2D eigenvalue weighted by molar-refractivity contribution is 7.80. The molecule has 1 fully saturated rings. The molecule has 0 unspecified atom stereocenters. The van der Waals surface area contributed by atoms with Gasteiger partial charge in [0.25, 0.3) is 0 Å². The van der Waals surface area contributed by atoms with E-state index in [1.807, 2.05) is 12.3 Å². The average molecular weight is 272 g/mol. The van der Waals surface area contributed by atoms with Crippen molar-refractivity contribution in [2.45, 2.75) is 32.2 Å². The first-order chi connectivity index (χ1) is 9.31. The van der Waals surface area contributed by atoms with Crippen molar-refractivity contribution >= 4 is 12.6 Å². The highest BCUT2D eigenvalue weighted by Gasteiger charge is 2.33. The molecule has 1 saturated carbocycles. The van der Waals surface area contributed by atoms with Gasteiger partial charge >= 0.3 is 0 Å². The number of hydrogen-bond donors (Lipinski definition) is 1. The third kappa shape index (κ3) is 2.71. The molecule has 0 spiro atoms. The average Bonchev–Trinajstić information content (AvgIpc) is 3.10. The second-order valence-corrected chi connectivity index (χ2v) is 5.97. The lowest BCUT2D eigenvalue weighted by atomic mass is 9.88. The number of hydrogen-bond acceptors (Lipinski definition) is 2. The van der Waals surface area contributed by atoms with E-state index in [9.17, 15) is 0 Å². The second-order valence-electron chi connectivity index (χ2n) is 5.66. The fraction of sp³-hybridized carbons (Fsp3) is 0.438. The Kier molecular flexibility index (Phi) is 3.65. The summed E-state index contributed by atoms with van der Waals surface area (Å²) >= 11 is 4.57. The maximum absolute atomic E-state index is 4.57. The van der Waals surface area contributed by atoms with Gasteiger partial charge in [-0.15, -0.1) is 0 Å². The van der Waals surface area contributed by atoms with Gasteiger partial charge in [-0.25, -0.2) is 0 Å². The number of aromatic nitrogens is 2. The lowest BCUT2D eigenvalue weighted by Crippen LogP contribution is -2.25. The standard InChI is InChI=1S/C16H20N2S/c19-13-16(8-4-5-9-16)12-18-11-15(10-17-18)14-6-2-1-3-7-14/h1-3,6-7,10-11,19H,4-5,8-9,12-13H2. The molecule has 0 aliphatic heterocycles. The van der Waals surface area contributed by atoms with Gasteiger partial charge in [0.15, 0.2) is 0 Å². The first-order valence-corrected chi connectivity index (χ1v) is 7.63. The van der Waals surface area contributed by atoms with Crippen LogP contribution in [0.25, 0.3) is 11.1 Å². The van der Waals surface area contributed by atoms with Crippen LogP contribution in [0.5, 0.6) is 0 Å². The molecule has 1 aromatic carbocycles. The predicted molar refractivity (Wildman–Crippen MR) is 82.4 cm³/mol. The monoisotopic (exact) mass is 272 g/mol. The number of rotatable bonds is 4. The van der Waals surface area contributed by atoms with E-state index in [0.717, 1.165) is 12.3 Å². The summed E-state index contributed by atoms with van der Waals surface area (Å²) in [5, 5.41) is 4.53. The molecule has 19 heavy (non-hydrogen) atoms. The van der Waals surface area contributed by atoms with Gasteiger partial charge in [-0.3, -0.25) is 4.68 Å². The van der Waals surface area contributed by atoms with Gasteiger partial charge in [0, 0.05) is 18.3 Å². The van der Waals surface area contributed by atoms with E-state index in [2.05, 4.69) is 52.9 Å². The highest BCUT2D eigenvalue weighted by Crippen LogP contribution is 2.40. The quantitative estimate of drug-likeness (QED) is 0.832. The minimum Gasteiger partial charge on any atom is -0.272 e. The van der Waals surface area contributed by atoms with Crippen LogP contribution in [0.2, 0.25) is 0 Å². The van der Waals surface area contributed by atoms with Gasteiger partial charge in [-0.1, -0.05) is 43.2 Å². The Morgan fingerprint density at radius 1 is 1.11 bits per heavy atom. The summed E-state index contributed by atoms with van der Waals surface area (Å²) in [5.74, 6) is 0.966. The summed E-state index contributed by atoms with van der Waals surface area (Å²) in [7, 11) is 0. The molecule has 1 aliphatic rings. The van der Waals surface area contributed by atoms with E-state index in [-0.39, 0.29) is 0 Å². The predicted octanol–water partition coefficient (Wildman–Crippen LogP) is 4.04. The molecule has 2 nitrogen and oxygen atoms in total. The summed E-state index contributed by atoms with van der Waals surface area (Å²) in [4.78, 5) is 0. The molecule has 1 heterocycles. The van der Waals surface area contributed by atoms with Crippen LogP contribution in [-0.2, 0) is 6.54 Å². The molecule has 100 valence electrons. The van der Waals surface area contributed by atoms with Crippen molar-refractivity contribution in [2.24, 2.45) is 5.41 Å². The van der Waals surface area contributed by atoms with Crippen LogP contribution in [0, 0.1) is 5.41 Å². The van der Waals surface area contributed by atoms with E-state index in [1.165, 1.54) is 36.8 Å². The van der Waals surface area contributed by atoms with Crippen LogP contribution in [-0.4, -0.2) is 15.5 Å². The Labute approximate surface area is 120 Å². The fourth-order valence-corrected chi connectivity index (χ4v) is 3.48. The molecule has 1 aromatic heterocycles. The van der Waals surface area contributed by atoms with Crippen molar-refractivity contribution in [3.63, 3.8) is 0 Å². The maximum Gasteiger partial charge on any atom is 0.0568 e. The van der Waals surface area contributed by atoms with Crippen LogP contribution in [0.1, 0.15) is 25.7 Å². The van der Waals surface area contributed by atoms with E-state index in [1.54, 1.807) is 0 Å². The Bertz CT molecular complexity index is 527. The third-order valence-corrected chi connectivity index (χ3v) is 4.91. The van der Waals surface area contributed by atoms with Crippen LogP contribution >= 0.6 is 12.6 Å². The van der Waals surface area contributed by atoms with Crippen LogP contribution in [0.4, 0.5) is 0 Å². The summed E-state index contributed by atoms with van der Waals surface area (Å²) in [6.45, 7) is 1.00. The second kappa shape index (κ2) is 5.41. The zero-order valence-electron chi connectivity index (χ0n) is 11.1. The first-order valence-electron chi connectivity index (χ1n) is 7.00. The topological polar surface area (TPSA) is 17.8 Å². The highest BCUT2D eigenvalue weighted by atomic mass is 32.1. The zero-order chi connectivity index (χ0) is 13.1. The van der Waals surface area contributed by atoms with Gasteiger partial charge < -0.3 is 0 Å². The summed E-state index contributed by atoms with van der Waals surface area (Å²) in [5.41, 5.74) is 2.80. The maximum atomic E-state index is 4.57. The minimum absolute atomic E-state index is 0.364. The molecule has 3 heteroatoms. The molecule has 0 amide bonds. The Hall–Kier alpha value is -1.22. The van der Waals surface area contributed by atoms with Crippen molar-refractivity contribution < 1.29 is 0 Å². The zero-order valence-corrected chi connectivity index (χ0v) is 12.0. The molecule has 0 N–H and O–H groups in total. The smallest absolute Gasteiger partial charge is 0.0568 e. The Morgan fingerprint density at radius 2 is 1.84 bits per heavy atom. The summed E-state index contributed by atoms with van der Waals surface area (Å²) in [6, 6.07) is 10.4. The SMILES string of the molecule is SCC1(Cn2cc(-c3ccccc3)cn2)CCCC1. The number of nitrogens with zero attached hydrogens (tertiary/aromatic N) is 2. The normalized spacial score (nSPS) is 17.7. The molecule has 2 aromatic rings. The van der Waals surface area contributed by atoms with Gasteiger partial charge in [0.05, 0.1) is 6.20 Å². The van der Waals surface area contributed by atoms with Gasteiger partial charge in [-0.2, -0.15) is 17.7 Å². The van der Waals surface area contributed by atoms with Crippen LogP contribution < -0.4 is 0 Å². The molecule has 0 bridgehead atoms. The van der Waals surface area contributed by atoms with Crippen molar-refractivity contribution in [1.82, 2.24) is 9.78 Å². The lowest BCUT2D eigenvalue weighted by Gasteiger charge is -2.26. The summed E-state index contributed by atoms with van der Waals surface area (Å²) < 4.78 is 2.10. The molecular formula is C16H20N2S. The van der Waals surface area contributed by atoms with Crippen LogP contribution in [0.15, 0.2) is 42.7 Å². The van der Waals surface area contributed by atoms with Crippen molar-refractivity contribution in [3.8, 4) is 11.1 Å². The van der Waals surface area contributed by atoms with E-state index >= 15 is 0 Å². The fourth-order valence-electron chi connectivity index (χ4n) is 3.06. The molecule has 3 rings (SSSR count). The van der Waals surface area contributed by atoms with Crippen molar-refractivity contribution in [3.05, 3.63) is 42.7 Å². The molecule has 0 atom stereocenters. The van der Waals surface area contributed by atoms with Gasteiger partial charge in [0.2, 0.25) is 0 Å². The molecule has 0 saturated heterocycles. The minimum atomic E-state index is 0.364. The molecule has 1 aliphatic carbocycles. The van der Waals surface area contributed by atoms with Crippen molar-refractivity contribution in [2.75, 3.05) is 5.75 Å². The number of benzene rings is 1. The van der Waals surface area contributed by atoms with E-state index in [4.69, 9.17) is 0 Å². The Morgan fingerprint density at radius 3 is 2.53 bits per heavy atom. The van der Waals surface area contributed by atoms with E-state index < -0.39 is 0 Å². The van der Waals surface area contributed by atoms with Gasteiger partial charge in [0.1, 0.15) is 0 Å². The lowest BCUT2D eigenvalue weighted by molar-refractivity contribution is 0.276. The Balaban J connectivity index is 1.78. The van der Waals surface area contributed by atoms with Crippen molar-refractivity contribution in [1.29, 1.82) is 0 Å². The van der Waals surface area contributed by atoms with Gasteiger partial charge in [-0.05, 0) is 29.6 Å². The molecular weight excluding hydrogens is 252 g/mol.